The van der Waals surface area contributed by atoms with Crippen molar-refractivity contribution in [3.63, 3.8) is 0 Å². The molecule has 4 nitrogen and oxygen atoms in total. The van der Waals surface area contributed by atoms with E-state index in [9.17, 15) is 9.59 Å². The van der Waals surface area contributed by atoms with E-state index in [1.165, 1.54) is 7.11 Å². The summed E-state index contributed by atoms with van der Waals surface area (Å²) < 4.78 is 4.59. The minimum absolute atomic E-state index is 0.242. The number of ether oxygens (including phenoxy) is 1. The van der Waals surface area contributed by atoms with E-state index >= 15 is 0 Å². The van der Waals surface area contributed by atoms with Gasteiger partial charge in [0.25, 0.3) is 0 Å². The maximum atomic E-state index is 11.3. The first-order valence-corrected chi connectivity index (χ1v) is 8.10. The second-order valence-corrected chi connectivity index (χ2v) is 4.13. The van der Waals surface area contributed by atoms with Crippen LogP contribution in [0.3, 0.4) is 0 Å². The molecule has 1 aromatic carbocycles. The van der Waals surface area contributed by atoms with Gasteiger partial charge in [0, 0.05) is 17.3 Å². The summed E-state index contributed by atoms with van der Waals surface area (Å²) >= 11 is 3.53. The Morgan fingerprint density at radius 3 is 2.30 bits per heavy atom. The molecule has 23 heavy (non-hydrogen) atoms. The molecule has 0 fully saturated rings. The van der Waals surface area contributed by atoms with Crippen molar-refractivity contribution in [2.24, 2.45) is 0 Å². The summed E-state index contributed by atoms with van der Waals surface area (Å²) in [6, 6.07) is 8.90. The Kier molecular flexibility index (Phi) is 10.4. The van der Waals surface area contributed by atoms with E-state index in [1.54, 1.807) is 30.7 Å². The first-order chi connectivity index (χ1) is 11.2. The molecule has 1 aromatic heterocycles. The molecule has 124 valence electrons. The number of benzene rings is 1. The number of esters is 1. The summed E-state index contributed by atoms with van der Waals surface area (Å²) in [6.45, 7) is 5.95. The Bertz CT molecular complexity index is 625. The number of aromatic nitrogens is 1. The first kappa shape index (κ1) is 20.9. The van der Waals surface area contributed by atoms with Crippen molar-refractivity contribution >= 4 is 24.9 Å². The zero-order valence-corrected chi connectivity index (χ0v) is 15.1. The van der Waals surface area contributed by atoms with Gasteiger partial charge < -0.3 is 4.74 Å². The topological polar surface area (TPSA) is 56.3 Å². The fourth-order valence-corrected chi connectivity index (χ4v) is 1.80. The SMILES string of the molecule is CC.COC(=O)c1ccc(-c2cc(C)ccc2C=O)cn1.CS. The zero-order chi connectivity index (χ0) is 17.8. The highest BCUT2D eigenvalue weighted by molar-refractivity contribution is 7.79. The molecule has 0 saturated carbocycles. The molecule has 0 saturated heterocycles. The third kappa shape index (κ3) is 5.87. The van der Waals surface area contributed by atoms with Crippen molar-refractivity contribution in [2.75, 3.05) is 13.4 Å². The molecule has 5 heteroatoms. The quantitative estimate of drug-likeness (QED) is 0.519. The van der Waals surface area contributed by atoms with Gasteiger partial charge >= 0.3 is 5.97 Å². The van der Waals surface area contributed by atoms with Crippen LogP contribution in [0, 0.1) is 6.92 Å². The number of nitrogens with zero attached hydrogens (tertiary/aromatic N) is 1. The molecular weight excluding hydrogens is 310 g/mol. The van der Waals surface area contributed by atoms with Crippen LogP contribution in [0.1, 0.15) is 40.3 Å². The van der Waals surface area contributed by atoms with Crippen molar-refractivity contribution in [2.45, 2.75) is 20.8 Å². The normalized spacial score (nSPS) is 8.78. The number of aldehydes is 1. The number of aryl methyl sites for hydroxylation is 1. The summed E-state index contributed by atoms with van der Waals surface area (Å²) in [5, 5.41) is 0. The van der Waals surface area contributed by atoms with Gasteiger partial charge in [0.15, 0.2) is 6.29 Å². The van der Waals surface area contributed by atoms with Crippen molar-refractivity contribution in [1.82, 2.24) is 4.98 Å². The van der Waals surface area contributed by atoms with Crippen molar-refractivity contribution < 1.29 is 14.3 Å². The monoisotopic (exact) mass is 333 g/mol. The molecule has 0 unspecified atom stereocenters. The number of carbonyl (C=O) groups is 2. The van der Waals surface area contributed by atoms with Crippen molar-refractivity contribution in [3.05, 3.63) is 53.3 Å². The lowest BCUT2D eigenvalue weighted by Crippen LogP contribution is -2.03. The van der Waals surface area contributed by atoms with Crippen LogP contribution in [-0.2, 0) is 4.74 Å². The van der Waals surface area contributed by atoms with Crippen LogP contribution in [0.2, 0.25) is 0 Å². The summed E-state index contributed by atoms with van der Waals surface area (Å²) in [6.07, 6.45) is 4.07. The average Bonchev–Trinajstić information content (AvgIpc) is 2.64. The third-order valence-corrected chi connectivity index (χ3v) is 2.80. The number of rotatable bonds is 3. The van der Waals surface area contributed by atoms with Gasteiger partial charge in [0.2, 0.25) is 0 Å². The standard InChI is InChI=1S/C15H13NO3.C2H6.CH4S/c1-10-3-4-12(9-17)13(7-10)11-5-6-14(16-8-11)15(18)19-2;2*1-2/h3-9H,1-2H3;1-2H3;2H,1H3. The van der Waals surface area contributed by atoms with Crippen LogP contribution >= 0.6 is 12.6 Å². The maximum Gasteiger partial charge on any atom is 0.356 e. The highest BCUT2D eigenvalue weighted by Gasteiger charge is 2.09. The molecule has 0 radical (unpaired) electrons. The first-order valence-electron chi connectivity index (χ1n) is 7.21. The molecule has 0 aliphatic heterocycles. The van der Waals surface area contributed by atoms with Gasteiger partial charge in [0.1, 0.15) is 5.69 Å². The van der Waals surface area contributed by atoms with E-state index in [4.69, 9.17) is 0 Å². The Morgan fingerprint density at radius 2 is 1.83 bits per heavy atom. The van der Waals surface area contributed by atoms with E-state index < -0.39 is 5.97 Å². The Morgan fingerprint density at radius 1 is 1.17 bits per heavy atom. The van der Waals surface area contributed by atoms with Crippen LogP contribution in [0.15, 0.2) is 36.5 Å². The minimum Gasteiger partial charge on any atom is -0.464 e. The van der Waals surface area contributed by atoms with Gasteiger partial charge in [-0.15, -0.1) is 0 Å². The molecule has 0 amide bonds. The summed E-state index contributed by atoms with van der Waals surface area (Å²) in [5.41, 5.74) is 3.49. The number of pyridine rings is 1. The lowest BCUT2D eigenvalue weighted by atomic mass is 9.99. The average molecular weight is 333 g/mol. The molecule has 2 aromatic rings. The predicted octanol–water partition coefficient (Wildman–Crippen LogP) is 4.23. The fraction of sp³-hybridized carbons (Fsp3) is 0.278. The number of hydrogen-bond donors (Lipinski definition) is 1. The van der Waals surface area contributed by atoms with Crippen molar-refractivity contribution in [3.8, 4) is 11.1 Å². The fourth-order valence-electron chi connectivity index (χ4n) is 1.80. The molecular formula is C18H23NO3S. The van der Waals surface area contributed by atoms with Gasteiger partial charge in [-0.1, -0.05) is 43.7 Å². The second kappa shape index (κ2) is 11.4. The predicted molar refractivity (Wildman–Crippen MR) is 97.4 cm³/mol. The molecule has 0 bridgehead atoms. The van der Waals surface area contributed by atoms with Gasteiger partial charge in [-0.25, -0.2) is 9.78 Å². The summed E-state index contributed by atoms with van der Waals surface area (Å²) in [4.78, 5) is 26.4. The highest BCUT2D eigenvalue weighted by Crippen LogP contribution is 2.23. The second-order valence-electron chi connectivity index (χ2n) is 4.13. The molecule has 0 aliphatic carbocycles. The molecule has 0 spiro atoms. The molecule has 0 aliphatic rings. The van der Waals surface area contributed by atoms with Gasteiger partial charge in [-0.2, -0.15) is 12.6 Å². The van der Waals surface area contributed by atoms with E-state index in [0.29, 0.717) is 5.56 Å². The maximum absolute atomic E-state index is 11.3. The van der Waals surface area contributed by atoms with Crippen molar-refractivity contribution in [1.29, 1.82) is 0 Å². The lowest BCUT2D eigenvalue weighted by molar-refractivity contribution is 0.0594. The van der Waals surface area contributed by atoms with Crippen LogP contribution in [0.5, 0.6) is 0 Å². The molecule has 1 heterocycles. The Hall–Kier alpha value is -2.14. The smallest absolute Gasteiger partial charge is 0.356 e. The lowest BCUT2D eigenvalue weighted by Gasteiger charge is -2.06. The minimum atomic E-state index is -0.480. The zero-order valence-electron chi connectivity index (χ0n) is 14.2. The van der Waals surface area contributed by atoms with Gasteiger partial charge in [0.05, 0.1) is 7.11 Å². The van der Waals surface area contributed by atoms with Crippen LogP contribution in [-0.4, -0.2) is 30.6 Å². The van der Waals surface area contributed by atoms with E-state index in [2.05, 4.69) is 22.3 Å². The van der Waals surface area contributed by atoms with Crippen LogP contribution < -0.4 is 0 Å². The number of thiol groups is 1. The van der Waals surface area contributed by atoms with E-state index in [0.717, 1.165) is 23.0 Å². The molecule has 2 rings (SSSR count). The largest absolute Gasteiger partial charge is 0.464 e. The van der Waals surface area contributed by atoms with Crippen LogP contribution in [0.25, 0.3) is 11.1 Å². The Balaban J connectivity index is 0.00000112. The van der Waals surface area contributed by atoms with E-state index in [1.807, 2.05) is 32.9 Å². The summed E-state index contributed by atoms with van der Waals surface area (Å²) in [5.74, 6) is -0.480. The number of hydrogen-bond acceptors (Lipinski definition) is 5. The third-order valence-electron chi connectivity index (χ3n) is 2.80. The number of carbonyl (C=O) groups excluding carboxylic acids is 2. The Labute approximate surface area is 143 Å². The molecule has 0 N–H and O–H groups in total. The highest BCUT2D eigenvalue weighted by atomic mass is 32.1. The molecule has 0 atom stereocenters. The van der Waals surface area contributed by atoms with E-state index in [-0.39, 0.29) is 5.69 Å². The number of methoxy groups -OCH3 is 1. The summed E-state index contributed by atoms with van der Waals surface area (Å²) in [7, 11) is 1.31. The van der Waals surface area contributed by atoms with Crippen LogP contribution in [0.4, 0.5) is 0 Å². The van der Waals surface area contributed by atoms with Gasteiger partial charge in [-0.3, -0.25) is 4.79 Å². The van der Waals surface area contributed by atoms with Gasteiger partial charge in [-0.05, 0) is 24.8 Å².